The highest BCUT2D eigenvalue weighted by Gasteiger charge is 2.13. The second-order valence-corrected chi connectivity index (χ2v) is 4.75. The van der Waals surface area contributed by atoms with Crippen LogP contribution in [-0.4, -0.2) is 28.5 Å². The lowest BCUT2D eigenvalue weighted by molar-refractivity contribution is -0.141. The SMILES string of the molecule is CCc1nc(CC(=O)NCC(C)C(=O)O)cs1. The van der Waals surface area contributed by atoms with Crippen molar-refractivity contribution in [2.24, 2.45) is 5.92 Å². The smallest absolute Gasteiger partial charge is 0.308 e. The van der Waals surface area contributed by atoms with Gasteiger partial charge in [-0.2, -0.15) is 0 Å². The van der Waals surface area contributed by atoms with Gasteiger partial charge in [0.1, 0.15) is 0 Å². The molecule has 0 aliphatic carbocycles. The molecule has 0 radical (unpaired) electrons. The number of aromatic nitrogens is 1. The third-order valence-electron chi connectivity index (χ3n) is 2.27. The second-order valence-electron chi connectivity index (χ2n) is 3.81. The number of thiazole rings is 1. The summed E-state index contributed by atoms with van der Waals surface area (Å²) in [5, 5.41) is 14.1. The Labute approximate surface area is 104 Å². The number of nitrogens with one attached hydrogen (secondary N) is 1. The molecule has 1 rings (SSSR count). The van der Waals surface area contributed by atoms with Crippen LogP contribution in [-0.2, 0) is 22.4 Å². The molecule has 0 spiro atoms. The Kier molecular flexibility index (Phi) is 5.09. The normalized spacial score (nSPS) is 12.1. The number of aryl methyl sites for hydroxylation is 1. The fourth-order valence-corrected chi connectivity index (χ4v) is 1.92. The van der Waals surface area contributed by atoms with Crippen molar-refractivity contribution in [1.29, 1.82) is 0 Å². The van der Waals surface area contributed by atoms with E-state index in [9.17, 15) is 9.59 Å². The first-order valence-electron chi connectivity index (χ1n) is 5.45. The fraction of sp³-hybridized carbons (Fsp3) is 0.545. The van der Waals surface area contributed by atoms with Gasteiger partial charge in [0.15, 0.2) is 0 Å². The van der Waals surface area contributed by atoms with Crippen molar-refractivity contribution in [3.05, 3.63) is 16.1 Å². The summed E-state index contributed by atoms with van der Waals surface area (Å²) >= 11 is 1.54. The van der Waals surface area contributed by atoms with Crippen molar-refractivity contribution in [2.45, 2.75) is 26.7 Å². The average Bonchev–Trinajstić information content (AvgIpc) is 2.73. The van der Waals surface area contributed by atoms with Crippen LogP contribution in [0.5, 0.6) is 0 Å². The molecule has 1 aromatic heterocycles. The maximum atomic E-state index is 11.5. The number of hydrogen-bond donors (Lipinski definition) is 2. The molecule has 0 aromatic carbocycles. The van der Waals surface area contributed by atoms with E-state index in [4.69, 9.17) is 5.11 Å². The number of carbonyl (C=O) groups is 2. The number of nitrogens with zero attached hydrogens (tertiary/aromatic N) is 1. The highest BCUT2D eigenvalue weighted by atomic mass is 32.1. The van der Waals surface area contributed by atoms with Crippen LogP contribution in [0.15, 0.2) is 5.38 Å². The summed E-state index contributed by atoms with van der Waals surface area (Å²) in [5.74, 6) is -1.67. The van der Waals surface area contributed by atoms with Gasteiger partial charge in [-0.15, -0.1) is 11.3 Å². The van der Waals surface area contributed by atoms with Gasteiger partial charge >= 0.3 is 5.97 Å². The van der Waals surface area contributed by atoms with Gasteiger partial charge in [0.05, 0.1) is 23.0 Å². The van der Waals surface area contributed by atoms with Gasteiger partial charge in [0.25, 0.3) is 0 Å². The van der Waals surface area contributed by atoms with Crippen molar-refractivity contribution < 1.29 is 14.7 Å². The lowest BCUT2D eigenvalue weighted by atomic mass is 10.2. The summed E-state index contributed by atoms with van der Waals surface area (Å²) in [6, 6.07) is 0. The lowest BCUT2D eigenvalue weighted by Crippen LogP contribution is -2.32. The monoisotopic (exact) mass is 256 g/mol. The van der Waals surface area contributed by atoms with Gasteiger partial charge in [-0.25, -0.2) is 4.98 Å². The van der Waals surface area contributed by atoms with Crippen LogP contribution in [0.1, 0.15) is 24.5 Å². The van der Waals surface area contributed by atoms with Gasteiger partial charge < -0.3 is 10.4 Å². The van der Waals surface area contributed by atoms with Gasteiger partial charge in [-0.05, 0) is 6.42 Å². The number of hydrogen-bond acceptors (Lipinski definition) is 4. The number of amides is 1. The topological polar surface area (TPSA) is 79.3 Å². The van der Waals surface area contributed by atoms with Crippen LogP contribution in [0.4, 0.5) is 0 Å². The summed E-state index contributed by atoms with van der Waals surface area (Å²) in [7, 11) is 0. The second kappa shape index (κ2) is 6.34. The quantitative estimate of drug-likeness (QED) is 0.798. The maximum Gasteiger partial charge on any atom is 0.308 e. The fourth-order valence-electron chi connectivity index (χ4n) is 1.17. The van der Waals surface area contributed by atoms with Crippen LogP contribution in [0.25, 0.3) is 0 Å². The number of carbonyl (C=O) groups excluding carboxylic acids is 1. The molecule has 1 aromatic rings. The molecule has 0 saturated carbocycles. The Morgan fingerprint density at radius 1 is 1.59 bits per heavy atom. The molecule has 5 nitrogen and oxygen atoms in total. The maximum absolute atomic E-state index is 11.5. The highest BCUT2D eigenvalue weighted by Crippen LogP contribution is 2.10. The van der Waals surface area contributed by atoms with Crippen molar-refractivity contribution in [2.75, 3.05) is 6.54 Å². The van der Waals surface area contributed by atoms with Crippen LogP contribution >= 0.6 is 11.3 Å². The molecule has 0 fully saturated rings. The molecule has 0 bridgehead atoms. The molecular formula is C11H16N2O3S. The zero-order chi connectivity index (χ0) is 12.8. The molecule has 0 aliphatic heterocycles. The Morgan fingerprint density at radius 2 is 2.29 bits per heavy atom. The van der Waals surface area contributed by atoms with Crippen molar-refractivity contribution >= 4 is 23.2 Å². The molecule has 0 aliphatic rings. The molecule has 6 heteroatoms. The third kappa shape index (κ3) is 4.52. The van der Waals surface area contributed by atoms with Crippen LogP contribution in [0.3, 0.4) is 0 Å². The van der Waals surface area contributed by atoms with Crippen LogP contribution < -0.4 is 5.32 Å². The Bertz CT molecular complexity index is 403. The van der Waals surface area contributed by atoms with Crippen LogP contribution in [0.2, 0.25) is 0 Å². The zero-order valence-corrected chi connectivity index (χ0v) is 10.7. The van der Waals surface area contributed by atoms with Gasteiger partial charge in [-0.3, -0.25) is 9.59 Å². The van der Waals surface area contributed by atoms with Gasteiger partial charge in [0, 0.05) is 11.9 Å². The first-order valence-corrected chi connectivity index (χ1v) is 6.33. The Hall–Kier alpha value is -1.43. The molecule has 17 heavy (non-hydrogen) atoms. The predicted octanol–water partition coefficient (Wildman–Crippen LogP) is 1.08. The van der Waals surface area contributed by atoms with E-state index in [1.54, 1.807) is 6.92 Å². The minimum Gasteiger partial charge on any atom is -0.481 e. The number of carboxylic acids is 1. The van der Waals surface area contributed by atoms with Gasteiger partial charge in [-0.1, -0.05) is 13.8 Å². The zero-order valence-electron chi connectivity index (χ0n) is 9.90. The van der Waals surface area contributed by atoms with E-state index < -0.39 is 11.9 Å². The summed E-state index contributed by atoms with van der Waals surface area (Å²) in [6.07, 6.45) is 1.07. The first kappa shape index (κ1) is 13.6. The van der Waals surface area contributed by atoms with E-state index >= 15 is 0 Å². The molecule has 1 heterocycles. The molecule has 1 atom stereocenters. The van der Waals surface area contributed by atoms with E-state index in [0.29, 0.717) is 0 Å². The molecule has 1 unspecified atom stereocenters. The third-order valence-corrected chi connectivity index (χ3v) is 3.31. The lowest BCUT2D eigenvalue weighted by Gasteiger charge is -2.07. The minimum atomic E-state index is -0.910. The summed E-state index contributed by atoms with van der Waals surface area (Å²) < 4.78 is 0. The van der Waals surface area contributed by atoms with Crippen molar-refractivity contribution in [1.82, 2.24) is 10.3 Å². The summed E-state index contributed by atoms with van der Waals surface area (Å²) in [5.41, 5.74) is 0.743. The molecule has 94 valence electrons. The molecular weight excluding hydrogens is 240 g/mol. The molecule has 0 saturated heterocycles. The van der Waals surface area contributed by atoms with Crippen LogP contribution in [0, 0.1) is 5.92 Å². The van der Waals surface area contributed by atoms with Crippen molar-refractivity contribution in [3.63, 3.8) is 0 Å². The van der Waals surface area contributed by atoms with E-state index in [1.165, 1.54) is 11.3 Å². The number of aliphatic carboxylic acids is 1. The summed E-state index contributed by atoms with van der Waals surface area (Å²) in [6.45, 7) is 3.72. The highest BCUT2D eigenvalue weighted by molar-refractivity contribution is 7.09. The number of rotatable bonds is 6. The molecule has 1 amide bonds. The van der Waals surface area contributed by atoms with E-state index in [1.807, 2.05) is 12.3 Å². The van der Waals surface area contributed by atoms with Crippen molar-refractivity contribution in [3.8, 4) is 0 Å². The largest absolute Gasteiger partial charge is 0.481 e. The molecule has 2 N–H and O–H groups in total. The van der Waals surface area contributed by atoms with E-state index in [2.05, 4.69) is 10.3 Å². The first-order chi connectivity index (χ1) is 8.02. The van der Waals surface area contributed by atoms with E-state index in [0.717, 1.165) is 17.1 Å². The Balaban J connectivity index is 2.37. The Morgan fingerprint density at radius 3 is 2.82 bits per heavy atom. The standard InChI is InChI=1S/C11H16N2O3S/c1-3-10-13-8(6-17-10)4-9(14)12-5-7(2)11(15)16/h6-7H,3-5H2,1-2H3,(H,12,14)(H,15,16). The van der Waals surface area contributed by atoms with E-state index in [-0.39, 0.29) is 18.9 Å². The summed E-state index contributed by atoms with van der Waals surface area (Å²) in [4.78, 5) is 26.3. The average molecular weight is 256 g/mol. The van der Waals surface area contributed by atoms with Gasteiger partial charge in [0.2, 0.25) is 5.91 Å². The number of carboxylic acid groups (broad SMARTS) is 1. The minimum absolute atomic E-state index is 0.152. The predicted molar refractivity (Wildman–Crippen MR) is 65.0 cm³/mol.